The molecule has 0 aliphatic heterocycles. The van der Waals surface area contributed by atoms with Crippen molar-refractivity contribution in [1.29, 1.82) is 0 Å². The van der Waals surface area contributed by atoms with Gasteiger partial charge < -0.3 is 10.6 Å². The molecule has 1 aliphatic rings. The van der Waals surface area contributed by atoms with Crippen LogP contribution in [-0.2, 0) is 0 Å². The lowest BCUT2D eigenvalue weighted by molar-refractivity contribution is 0.317. The van der Waals surface area contributed by atoms with E-state index in [0.717, 1.165) is 12.6 Å². The molecule has 0 aromatic heterocycles. The molecule has 0 heterocycles. The Morgan fingerprint density at radius 1 is 1.40 bits per heavy atom. The fourth-order valence-electron chi connectivity index (χ4n) is 1.20. The molecule has 1 rings (SSSR count). The van der Waals surface area contributed by atoms with Crippen molar-refractivity contribution in [2.24, 2.45) is 5.73 Å². The number of unbranched alkanes of at least 4 members (excludes halogenated alkanes) is 1. The summed E-state index contributed by atoms with van der Waals surface area (Å²) in [4.78, 5) is 2.45. The van der Waals surface area contributed by atoms with Gasteiger partial charge >= 0.3 is 0 Å². The number of nitrogens with zero attached hydrogens (tertiary/aromatic N) is 1. The van der Waals surface area contributed by atoms with Gasteiger partial charge in [-0.3, -0.25) is 0 Å². The van der Waals surface area contributed by atoms with E-state index in [-0.39, 0.29) is 0 Å². The van der Waals surface area contributed by atoms with Gasteiger partial charge in [0, 0.05) is 6.04 Å². The van der Waals surface area contributed by atoms with Crippen LogP contribution < -0.4 is 5.73 Å². The quantitative estimate of drug-likeness (QED) is 0.576. The zero-order chi connectivity index (χ0) is 7.40. The summed E-state index contributed by atoms with van der Waals surface area (Å²) in [7, 11) is 2.22. The highest BCUT2D eigenvalue weighted by molar-refractivity contribution is 4.81. The minimum absolute atomic E-state index is 0.846. The molecule has 2 N–H and O–H groups in total. The molecule has 0 unspecified atom stereocenters. The second-order valence-corrected chi connectivity index (χ2v) is 3.21. The summed E-state index contributed by atoms with van der Waals surface area (Å²) in [5.41, 5.74) is 5.39. The molecule has 0 radical (unpaired) electrons. The van der Waals surface area contributed by atoms with Gasteiger partial charge in [-0.1, -0.05) is 0 Å². The van der Waals surface area contributed by atoms with E-state index < -0.39 is 0 Å². The predicted molar refractivity (Wildman–Crippen MR) is 43.9 cm³/mol. The van der Waals surface area contributed by atoms with Crippen LogP contribution in [0.3, 0.4) is 0 Å². The van der Waals surface area contributed by atoms with Gasteiger partial charge in [-0.15, -0.1) is 0 Å². The zero-order valence-corrected chi connectivity index (χ0v) is 6.84. The molecule has 60 valence electrons. The summed E-state index contributed by atoms with van der Waals surface area (Å²) >= 11 is 0. The fraction of sp³-hybridized carbons (Fsp3) is 1.00. The normalized spacial score (nSPS) is 18.3. The average molecular weight is 142 g/mol. The Balaban J connectivity index is 1.90. The third-order valence-electron chi connectivity index (χ3n) is 2.14. The molecule has 0 bridgehead atoms. The van der Waals surface area contributed by atoms with Gasteiger partial charge in [-0.05, 0) is 45.8 Å². The Morgan fingerprint density at radius 2 is 2.10 bits per heavy atom. The van der Waals surface area contributed by atoms with E-state index in [1.165, 1.54) is 32.2 Å². The largest absolute Gasteiger partial charge is 0.330 e. The molecular weight excluding hydrogens is 124 g/mol. The molecule has 2 nitrogen and oxygen atoms in total. The highest BCUT2D eigenvalue weighted by atomic mass is 15.1. The Hall–Kier alpha value is -0.0800. The first-order chi connectivity index (χ1) is 4.84. The van der Waals surface area contributed by atoms with Crippen molar-refractivity contribution in [3.05, 3.63) is 0 Å². The summed E-state index contributed by atoms with van der Waals surface area (Å²) in [6.45, 7) is 2.08. The van der Waals surface area contributed by atoms with E-state index >= 15 is 0 Å². The summed E-state index contributed by atoms with van der Waals surface area (Å²) in [6, 6.07) is 0.915. The SMILES string of the molecule is CN(CCCCN)C1CC1. The van der Waals surface area contributed by atoms with Crippen LogP contribution in [0.5, 0.6) is 0 Å². The standard InChI is InChI=1S/C8H18N2/c1-10(8-4-5-8)7-3-2-6-9/h8H,2-7,9H2,1H3. The van der Waals surface area contributed by atoms with Crippen LogP contribution in [-0.4, -0.2) is 31.1 Å². The zero-order valence-electron chi connectivity index (χ0n) is 6.84. The smallest absolute Gasteiger partial charge is 0.00933 e. The maximum atomic E-state index is 5.39. The minimum Gasteiger partial charge on any atom is -0.330 e. The van der Waals surface area contributed by atoms with E-state index in [0.29, 0.717) is 0 Å². The average Bonchev–Trinajstić information content (AvgIpc) is 2.69. The second kappa shape index (κ2) is 3.94. The van der Waals surface area contributed by atoms with Crippen LogP contribution in [0.2, 0.25) is 0 Å². The van der Waals surface area contributed by atoms with E-state index in [1.807, 2.05) is 0 Å². The van der Waals surface area contributed by atoms with Crippen molar-refractivity contribution in [2.45, 2.75) is 31.7 Å². The molecule has 0 spiro atoms. The van der Waals surface area contributed by atoms with E-state index in [4.69, 9.17) is 5.73 Å². The molecular formula is C8H18N2. The number of nitrogens with two attached hydrogens (primary N) is 1. The Morgan fingerprint density at radius 3 is 2.60 bits per heavy atom. The lowest BCUT2D eigenvalue weighted by Crippen LogP contribution is -2.22. The molecule has 10 heavy (non-hydrogen) atoms. The van der Waals surface area contributed by atoms with Gasteiger partial charge in [0.05, 0.1) is 0 Å². The Bertz CT molecular complexity index is 89.3. The van der Waals surface area contributed by atoms with Crippen molar-refractivity contribution in [1.82, 2.24) is 4.90 Å². The maximum absolute atomic E-state index is 5.39. The number of hydrogen-bond donors (Lipinski definition) is 1. The Kier molecular flexibility index (Phi) is 3.16. The van der Waals surface area contributed by atoms with Crippen molar-refractivity contribution in [2.75, 3.05) is 20.1 Å². The van der Waals surface area contributed by atoms with Crippen LogP contribution in [0.25, 0.3) is 0 Å². The van der Waals surface area contributed by atoms with Crippen LogP contribution in [0.1, 0.15) is 25.7 Å². The lowest BCUT2D eigenvalue weighted by Gasteiger charge is -2.14. The summed E-state index contributed by atoms with van der Waals surface area (Å²) in [5, 5.41) is 0. The van der Waals surface area contributed by atoms with Crippen LogP contribution in [0, 0.1) is 0 Å². The van der Waals surface area contributed by atoms with Gasteiger partial charge in [0.2, 0.25) is 0 Å². The van der Waals surface area contributed by atoms with Gasteiger partial charge in [0.1, 0.15) is 0 Å². The van der Waals surface area contributed by atoms with Crippen LogP contribution in [0.4, 0.5) is 0 Å². The summed E-state index contributed by atoms with van der Waals surface area (Å²) in [5.74, 6) is 0. The molecule has 2 heteroatoms. The monoisotopic (exact) mass is 142 g/mol. The second-order valence-electron chi connectivity index (χ2n) is 3.21. The summed E-state index contributed by atoms with van der Waals surface area (Å²) in [6.07, 6.45) is 5.28. The van der Waals surface area contributed by atoms with Crippen molar-refractivity contribution >= 4 is 0 Å². The maximum Gasteiger partial charge on any atom is 0.00933 e. The predicted octanol–water partition coefficient (Wildman–Crippen LogP) is 0.819. The van der Waals surface area contributed by atoms with Gasteiger partial charge in [-0.2, -0.15) is 0 Å². The third-order valence-corrected chi connectivity index (χ3v) is 2.14. The van der Waals surface area contributed by atoms with Gasteiger partial charge in [0.15, 0.2) is 0 Å². The lowest BCUT2D eigenvalue weighted by atomic mass is 10.3. The van der Waals surface area contributed by atoms with Gasteiger partial charge in [-0.25, -0.2) is 0 Å². The van der Waals surface area contributed by atoms with E-state index in [2.05, 4.69) is 11.9 Å². The Labute approximate surface area is 63.4 Å². The molecule has 0 aromatic rings. The van der Waals surface area contributed by atoms with Crippen molar-refractivity contribution in [3.63, 3.8) is 0 Å². The third kappa shape index (κ3) is 2.67. The summed E-state index contributed by atoms with van der Waals surface area (Å²) < 4.78 is 0. The van der Waals surface area contributed by atoms with E-state index in [1.54, 1.807) is 0 Å². The van der Waals surface area contributed by atoms with E-state index in [9.17, 15) is 0 Å². The topological polar surface area (TPSA) is 29.3 Å². The molecule has 1 aliphatic carbocycles. The molecule has 0 atom stereocenters. The first kappa shape index (κ1) is 8.02. The number of rotatable bonds is 5. The highest BCUT2D eigenvalue weighted by Crippen LogP contribution is 2.25. The highest BCUT2D eigenvalue weighted by Gasteiger charge is 2.24. The fourth-order valence-corrected chi connectivity index (χ4v) is 1.20. The number of hydrogen-bond acceptors (Lipinski definition) is 2. The molecule has 0 aromatic carbocycles. The molecule has 1 fully saturated rings. The molecule has 0 amide bonds. The van der Waals surface area contributed by atoms with Crippen molar-refractivity contribution in [3.8, 4) is 0 Å². The first-order valence-corrected chi connectivity index (χ1v) is 4.25. The van der Waals surface area contributed by atoms with Crippen LogP contribution >= 0.6 is 0 Å². The van der Waals surface area contributed by atoms with Crippen molar-refractivity contribution < 1.29 is 0 Å². The molecule has 1 saturated carbocycles. The molecule has 0 saturated heterocycles. The first-order valence-electron chi connectivity index (χ1n) is 4.25. The minimum atomic E-state index is 0.846. The van der Waals surface area contributed by atoms with Crippen LogP contribution in [0.15, 0.2) is 0 Å². The van der Waals surface area contributed by atoms with Gasteiger partial charge in [0.25, 0.3) is 0 Å².